The molecule has 1 aliphatic heterocycles. The maximum absolute atomic E-state index is 5.58. The van der Waals surface area contributed by atoms with E-state index in [0.29, 0.717) is 0 Å². The van der Waals surface area contributed by atoms with Gasteiger partial charge in [0.05, 0.1) is 5.69 Å². The second kappa shape index (κ2) is 5.50. The summed E-state index contributed by atoms with van der Waals surface area (Å²) in [4.78, 5) is 5.56. The molecule has 0 saturated heterocycles. The van der Waals surface area contributed by atoms with Crippen molar-refractivity contribution in [1.82, 2.24) is 4.90 Å². The molecule has 17 heavy (non-hydrogen) atoms. The Morgan fingerprint density at radius 1 is 1.41 bits per heavy atom. The van der Waals surface area contributed by atoms with Crippen LogP contribution < -0.4 is 4.90 Å². The van der Waals surface area contributed by atoms with E-state index in [4.69, 9.17) is 12.2 Å². The van der Waals surface area contributed by atoms with Crippen molar-refractivity contribution in [2.75, 3.05) is 18.0 Å². The first-order valence-electron chi connectivity index (χ1n) is 5.71. The molecule has 2 nitrogen and oxygen atoms in total. The summed E-state index contributed by atoms with van der Waals surface area (Å²) in [7, 11) is 0. The lowest BCUT2D eigenvalue weighted by Gasteiger charge is -2.31. The van der Waals surface area contributed by atoms with Crippen molar-refractivity contribution in [1.29, 1.82) is 0 Å². The standard InChI is InChI=1S/C12H16N2S3/c1-3-13(4-2)11(15)14-9-7-5-6-8-10(9)17-12(14)16/h5-8,12,16H,3-4H2,1-2H3. The van der Waals surface area contributed by atoms with Gasteiger partial charge in [-0.3, -0.25) is 4.90 Å². The maximum Gasteiger partial charge on any atom is 0.177 e. The minimum absolute atomic E-state index is 0.0838. The number of thiol groups is 1. The largest absolute Gasteiger partial charge is 0.349 e. The molecule has 1 aliphatic rings. The van der Waals surface area contributed by atoms with Crippen molar-refractivity contribution in [3.8, 4) is 0 Å². The predicted octanol–water partition coefficient (Wildman–Crippen LogP) is 3.44. The van der Waals surface area contributed by atoms with Gasteiger partial charge in [-0.1, -0.05) is 23.9 Å². The highest BCUT2D eigenvalue weighted by atomic mass is 32.2. The van der Waals surface area contributed by atoms with Crippen molar-refractivity contribution in [2.24, 2.45) is 0 Å². The first-order chi connectivity index (χ1) is 8.19. The quantitative estimate of drug-likeness (QED) is 0.656. The van der Waals surface area contributed by atoms with Crippen molar-refractivity contribution in [3.05, 3.63) is 24.3 Å². The fraction of sp³-hybridized carbons (Fsp3) is 0.417. The molecular formula is C12H16N2S3. The molecule has 1 unspecified atom stereocenters. The van der Waals surface area contributed by atoms with Crippen LogP contribution in [0.3, 0.4) is 0 Å². The molecule has 1 aromatic rings. The highest BCUT2D eigenvalue weighted by Gasteiger charge is 2.31. The minimum Gasteiger partial charge on any atom is -0.349 e. The molecule has 1 aromatic carbocycles. The van der Waals surface area contributed by atoms with Gasteiger partial charge in [0.1, 0.15) is 4.71 Å². The van der Waals surface area contributed by atoms with Gasteiger partial charge in [0, 0.05) is 18.0 Å². The summed E-state index contributed by atoms with van der Waals surface area (Å²) in [5.74, 6) is 0. The summed E-state index contributed by atoms with van der Waals surface area (Å²) >= 11 is 11.9. The number of fused-ring (bicyclic) bond motifs is 1. The van der Waals surface area contributed by atoms with E-state index >= 15 is 0 Å². The molecule has 1 heterocycles. The molecule has 0 amide bonds. The molecule has 0 saturated carbocycles. The SMILES string of the molecule is CCN(CC)C(=S)N1c2ccccc2SC1S. The van der Waals surface area contributed by atoms with E-state index in [0.717, 1.165) is 18.2 Å². The van der Waals surface area contributed by atoms with Crippen LogP contribution in [0.2, 0.25) is 0 Å². The predicted molar refractivity (Wildman–Crippen MR) is 83.1 cm³/mol. The maximum atomic E-state index is 5.58. The Labute approximate surface area is 118 Å². The fourth-order valence-electron chi connectivity index (χ4n) is 1.89. The summed E-state index contributed by atoms with van der Waals surface area (Å²) in [5.41, 5.74) is 1.18. The molecule has 0 bridgehead atoms. The lowest BCUT2D eigenvalue weighted by atomic mass is 10.3. The number of nitrogens with zero attached hydrogens (tertiary/aromatic N) is 2. The van der Waals surface area contributed by atoms with Gasteiger partial charge in [0.15, 0.2) is 5.11 Å². The van der Waals surface area contributed by atoms with Crippen LogP contribution in [0.25, 0.3) is 0 Å². The van der Waals surface area contributed by atoms with Crippen molar-refractivity contribution < 1.29 is 0 Å². The highest BCUT2D eigenvalue weighted by Crippen LogP contribution is 2.45. The first kappa shape index (κ1) is 13.1. The van der Waals surface area contributed by atoms with Gasteiger partial charge in [-0.2, -0.15) is 0 Å². The van der Waals surface area contributed by atoms with Crippen LogP contribution in [0, 0.1) is 0 Å². The monoisotopic (exact) mass is 284 g/mol. The van der Waals surface area contributed by atoms with Gasteiger partial charge >= 0.3 is 0 Å². The van der Waals surface area contributed by atoms with E-state index in [2.05, 4.69) is 54.5 Å². The van der Waals surface area contributed by atoms with Gasteiger partial charge < -0.3 is 4.90 Å². The van der Waals surface area contributed by atoms with Crippen LogP contribution in [-0.2, 0) is 0 Å². The molecule has 0 aliphatic carbocycles. The Kier molecular flexibility index (Phi) is 4.22. The summed E-state index contributed by atoms with van der Waals surface area (Å²) < 4.78 is 0.0838. The molecule has 0 radical (unpaired) electrons. The van der Waals surface area contributed by atoms with Crippen LogP contribution in [-0.4, -0.2) is 27.8 Å². The summed E-state index contributed by atoms with van der Waals surface area (Å²) in [6.07, 6.45) is 0. The molecule has 1 atom stereocenters. The first-order valence-corrected chi connectivity index (χ1v) is 7.51. The average molecular weight is 284 g/mol. The zero-order chi connectivity index (χ0) is 12.4. The third-order valence-corrected chi connectivity index (χ3v) is 4.84. The fourth-order valence-corrected chi connectivity index (χ4v) is 4.06. The Morgan fingerprint density at radius 3 is 2.71 bits per heavy atom. The zero-order valence-corrected chi connectivity index (χ0v) is 12.5. The van der Waals surface area contributed by atoms with E-state index in [9.17, 15) is 0 Å². The van der Waals surface area contributed by atoms with Crippen LogP contribution in [0.15, 0.2) is 29.2 Å². The molecule has 92 valence electrons. The van der Waals surface area contributed by atoms with Gasteiger partial charge in [0.25, 0.3) is 0 Å². The van der Waals surface area contributed by atoms with E-state index in [1.807, 2.05) is 6.07 Å². The van der Waals surface area contributed by atoms with Gasteiger partial charge in [-0.15, -0.1) is 12.6 Å². The summed E-state index contributed by atoms with van der Waals surface area (Å²) in [6.45, 7) is 6.11. The number of rotatable bonds is 2. The number of anilines is 1. The summed E-state index contributed by atoms with van der Waals surface area (Å²) in [6, 6.07) is 8.32. The van der Waals surface area contributed by atoms with E-state index in [-0.39, 0.29) is 4.71 Å². The molecular weight excluding hydrogens is 268 g/mol. The topological polar surface area (TPSA) is 6.48 Å². The summed E-state index contributed by atoms with van der Waals surface area (Å²) in [5, 5.41) is 0.868. The average Bonchev–Trinajstić information content (AvgIpc) is 2.66. The van der Waals surface area contributed by atoms with Gasteiger partial charge in [-0.05, 0) is 38.2 Å². The second-order valence-electron chi connectivity index (χ2n) is 3.74. The Morgan fingerprint density at radius 2 is 2.06 bits per heavy atom. The van der Waals surface area contributed by atoms with Gasteiger partial charge in [0.2, 0.25) is 0 Å². The number of hydrogen-bond acceptors (Lipinski definition) is 3. The third-order valence-electron chi connectivity index (χ3n) is 2.82. The normalized spacial score (nSPS) is 18.1. The lowest BCUT2D eigenvalue weighted by molar-refractivity contribution is 0.466. The second-order valence-corrected chi connectivity index (χ2v) is 6.06. The van der Waals surface area contributed by atoms with E-state index in [1.54, 1.807) is 11.8 Å². The van der Waals surface area contributed by atoms with Crippen LogP contribution in [0.5, 0.6) is 0 Å². The molecule has 0 fully saturated rings. The smallest absolute Gasteiger partial charge is 0.177 e. The third kappa shape index (κ3) is 2.41. The number of benzene rings is 1. The number of thiocarbonyl (C=S) groups is 1. The molecule has 0 aromatic heterocycles. The van der Waals surface area contributed by atoms with Crippen LogP contribution >= 0.6 is 36.6 Å². The van der Waals surface area contributed by atoms with Crippen LogP contribution in [0.1, 0.15) is 13.8 Å². The number of hydrogen-bond donors (Lipinski definition) is 1. The van der Waals surface area contributed by atoms with Gasteiger partial charge in [-0.25, -0.2) is 0 Å². The Hall–Kier alpha value is -0.390. The molecule has 2 rings (SSSR count). The lowest BCUT2D eigenvalue weighted by Crippen LogP contribution is -2.44. The molecule has 0 spiro atoms. The number of thioether (sulfide) groups is 1. The van der Waals surface area contributed by atoms with E-state index < -0.39 is 0 Å². The number of para-hydroxylation sites is 1. The molecule has 5 heteroatoms. The van der Waals surface area contributed by atoms with Crippen molar-refractivity contribution in [3.63, 3.8) is 0 Å². The van der Waals surface area contributed by atoms with Crippen LogP contribution in [0.4, 0.5) is 5.69 Å². The van der Waals surface area contributed by atoms with Crippen molar-refractivity contribution in [2.45, 2.75) is 23.4 Å². The Bertz CT molecular complexity index is 418. The molecule has 0 N–H and O–H groups in total. The highest BCUT2D eigenvalue weighted by molar-refractivity contribution is 8.11. The minimum atomic E-state index is 0.0838. The Balaban J connectivity index is 2.30. The zero-order valence-electron chi connectivity index (χ0n) is 9.96. The van der Waals surface area contributed by atoms with E-state index in [1.165, 1.54) is 10.6 Å². The van der Waals surface area contributed by atoms with Crippen molar-refractivity contribution >= 4 is 47.4 Å².